The van der Waals surface area contributed by atoms with Crippen molar-refractivity contribution in [1.82, 2.24) is 9.97 Å². The zero-order chi connectivity index (χ0) is 14.3. The number of aromatic amines is 1. The number of ether oxygens (including phenoxy) is 1. The lowest BCUT2D eigenvalue weighted by Crippen LogP contribution is -2.19. The predicted octanol–water partition coefficient (Wildman–Crippen LogP) is 3.52. The zero-order valence-corrected chi connectivity index (χ0v) is 9.06. The Morgan fingerprint density at radius 2 is 1.79 bits per heavy atom. The SMILES string of the molecule is FC(F)(F)COc1ccc2[nH]c(C(F)(F)F)nc2c1. The molecule has 1 N–H and O–H groups in total. The number of hydrogen-bond acceptors (Lipinski definition) is 2. The van der Waals surface area contributed by atoms with Crippen molar-refractivity contribution in [2.45, 2.75) is 12.4 Å². The van der Waals surface area contributed by atoms with Crippen LogP contribution in [0.15, 0.2) is 18.2 Å². The third-order valence-corrected chi connectivity index (χ3v) is 2.13. The van der Waals surface area contributed by atoms with Gasteiger partial charge < -0.3 is 9.72 Å². The number of imidazole rings is 1. The van der Waals surface area contributed by atoms with Gasteiger partial charge in [0.2, 0.25) is 5.82 Å². The highest BCUT2D eigenvalue weighted by Crippen LogP contribution is 2.29. The van der Waals surface area contributed by atoms with Gasteiger partial charge in [0.05, 0.1) is 11.0 Å². The molecule has 3 nitrogen and oxygen atoms in total. The molecular weight excluding hydrogens is 278 g/mol. The maximum absolute atomic E-state index is 12.4. The van der Waals surface area contributed by atoms with E-state index in [4.69, 9.17) is 0 Å². The highest BCUT2D eigenvalue weighted by atomic mass is 19.4. The zero-order valence-electron chi connectivity index (χ0n) is 9.06. The van der Waals surface area contributed by atoms with Crippen LogP contribution in [0, 0.1) is 0 Å². The summed E-state index contributed by atoms with van der Waals surface area (Å²) in [7, 11) is 0. The molecule has 0 atom stereocenters. The van der Waals surface area contributed by atoms with Gasteiger partial charge in [0.25, 0.3) is 0 Å². The summed E-state index contributed by atoms with van der Waals surface area (Å²) in [6, 6.07) is 3.31. The summed E-state index contributed by atoms with van der Waals surface area (Å²) in [6.07, 6.45) is -9.16. The van der Waals surface area contributed by atoms with Gasteiger partial charge in [-0.3, -0.25) is 0 Å². The van der Waals surface area contributed by atoms with Crippen molar-refractivity contribution in [2.75, 3.05) is 6.61 Å². The van der Waals surface area contributed by atoms with E-state index >= 15 is 0 Å². The second-order valence-electron chi connectivity index (χ2n) is 3.67. The van der Waals surface area contributed by atoms with E-state index in [0.717, 1.165) is 12.1 Å². The number of rotatable bonds is 2. The lowest BCUT2D eigenvalue weighted by Gasteiger charge is -2.08. The Bertz CT molecular complexity index is 586. The molecular formula is C10H6F6N2O. The summed E-state index contributed by atoms with van der Waals surface area (Å²) in [5.74, 6) is -1.42. The monoisotopic (exact) mass is 284 g/mol. The number of H-pyrrole nitrogens is 1. The number of nitrogens with zero attached hydrogens (tertiary/aromatic N) is 1. The van der Waals surface area contributed by atoms with Gasteiger partial charge in [-0.25, -0.2) is 4.98 Å². The first-order valence-corrected chi connectivity index (χ1v) is 4.92. The van der Waals surface area contributed by atoms with Crippen LogP contribution in [0.5, 0.6) is 5.75 Å². The maximum Gasteiger partial charge on any atom is 0.449 e. The summed E-state index contributed by atoms with van der Waals surface area (Å²) < 4.78 is 77.2. The van der Waals surface area contributed by atoms with Gasteiger partial charge in [-0.05, 0) is 12.1 Å². The third-order valence-electron chi connectivity index (χ3n) is 2.13. The molecule has 19 heavy (non-hydrogen) atoms. The van der Waals surface area contributed by atoms with Crippen molar-refractivity contribution in [3.8, 4) is 5.75 Å². The van der Waals surface area contributed by atoms with E-state index in [-0.39, 0.29) is 16.8 Å². The van der Waals surface area contributed by atoms with Gasteiger partial charge in [0.15, 0.2) is 6.61 Å². The number of nitrogens with one attached hydrogen (secondary N) is 1. The number of fused-ring (bicyclic) bond motifs is 1. The van der Waals surface area contributed by atoms with Gasteiger partial charge in [-0.1, -0.05) is 0 Å². The highest BCUT2D eigenvalue weighted by Gasteiger charge is 2.34. The molecule has 0 radical (unpaired) electrons. The fourth-order valence-electron chi connectivity index (χ4n) is 1.37. The summed E-state index contributed by atoms with van der Waals surface area (Å²) in [6.45, 7) is -1.52. The van der Waals surface area contributed by atoms with E-state index in [1.54, 1.807) is 0 Å². The molecule has 0 saturated carbocycles. The molecule has 9 heteroatoms. The minimum atomic E-state index is -4.65. The average molecular weight is 284 g/mol. The smallest absolute Gasteiger partial charge is 0.449 e. The van der Waals surface area contributed by atoms with E-state index in [0.29, 0.717) is 0 Å². The maximum atomic E-state index is 12.4. The van der Waals surface area contributed by atoms with Crippen LogP contribution in [0.4, 0.5) is 26.3 Å². The van der Waals surface area contributed by atoms with Gasteiger partial charge >= 0.3 is 12.4 Å². The first kappa shape index (κ1) is 13.5. The molecule has 1 aromatic carbocycles. The van der Waals surface area contributed by atoms with Crippen molar-refractivity contribution in [1.29, 1.82) is 0 Å². The van der Waals surface area contributed by atoms with Gasteiger partial charge in [0, 0.05) is 6.07 Å². The van der Waals surface area contributed by atoms with Crippen LogP contribution >= 0.6 is 0 Å². The molecule has 1 heterocycles. The first-order valence-electron chi connectivity index (χ1n) is 4.92. The van der Waals surface area contributed by atoms with Crippen molar-refractivity contribution >= 4 is 11.0 Å². The van der Waals surface area contributed by atoms with Crippen LogP contribution in [0.3, 0.4) is 0 Å². The normalized spacial score (nSPS) is 12.9. The number of hydrogen-bond donors (Lipinski definition) is 1. The summed E-state index contributed by atoms with van der Waals surface area (Å²) >= 11 is 0. The molecule has 2 aromatic rings. The Kier molecular flexibility index (Phi) is 3.07. The number of aromatic nitrogens is 2. The van der Waals surface area contributed by atoms with E-state index in [9.17, 15) is 26.3 Å². The lowest BCUT2D eigenvalue weighted by molar-refractivity contribution is -0.153. The molecule has 1 aromatic heterocycles. The van der Waals surface area contributed by atoms with Gasteiger partial charge in [-0.2, -0.15) is 26.3 Å². The van der Waals surface area contributed by atoms with Crippen molar-refractivity contribution < 1.29 is 31.1 Å². The molecule has 2 rings (SSSR count). The molecule has 0 unspecified atom stereocenters. The van der Waals surface area contributed by atoms with Crippen molar-refractivity contribution in [3.05, 3.63) is 24.0 Å². The van der Waals surface area contributed by atoms with Crippen molar-refractivity contribution in [3.63, 3.8) is 0 Å². The van der Waals surface area contributed by atoms with Crippen LogP contribution in [-0.4, -0.2) is 22.8 Å². The Morgan fingerprint density at radius 1 is 1.11 bits per heavy atom. The molecule has 0 aliphatic carbocycles. The largest absolute Gasteiger partial charge is 0.484 e. The van der Waals surface area contributed by atoms with Crippen molar-refractivity contribution in [2.24, 2.45) is 0 Å². The first-order chi connectivity index (χ1) is 8.65. The highest BCUT2D eigenvalue weighted by molar-refractivity contribution is 5.76. The number of alkyl halides is 6. The molecule has 0 fully saturated rings. The van der Waals surface area contributed by atoms with E-state index in [1.807, 2.05) is 4.98 Å². The number of halogens is 6. The standard InChI is InChI=1S/C10H6F6N2O/c11-9(12,13)4-19-5-1-2-6-7(3-5)18-8(17-6)10(14,15)16/h1-3H,4H2,(H,17,18). The fraction of sp³-hybridized carbons (Fsp3) is 0.300. The topological polar surface area (TPSA) is 37.9 Å². The Labute approximate surface area is 102 Å². The average Bonchev–Trinajstić information content (AvgIpc) is 2.67. The Balaban J connectivity index is 2.26. The lowest BCUT2D eigenvalue weighted by atomic mass is 10.3. The summed E-state index contributed by atoms with van der Waals surface area (Å²) in [5.41, 5.74) is -0.0568. The van der Waals surface area contributed by atoms with Gasteiger partial charge in [-0.15, -0.1) is 0 Å². The molecule has 0 spiro atoms. The molecule has 104 valence electrons. The van der Waals surface area contributed by atoms with Crippen LogP contribution in [0.25, 0.3) is 11.0 Å². The van der Waals surface area contributed by atoms with Crippen LogP contribution < -0.4 is 4.74 Å². The van der Waals surface area contributed by atoms with E-state index in [2.05, 4.69) is 9.72 Å². The third kappa shape index (κ3) is 3.30. The summed E-state index contributed by atoms with van der Waals surface area (Å²) in [4.78, 5) is 5.27. The molecule has 0 saturated heterocycles. The van der Waals surface area contributed by atoms with Gasteiger partial charge in [0.1, 0.15) is 5.75 Å². The van der Waals surface area contributed by atoms with Crippen LogP contribution in [0.1, 0.15) is 5.82 Å². The Hall–Kier alpha value is -1.93. The Morgan fingerprint density at radius 3 is 2.37 bits per heavy atom. The molecule has 0 aliphatic rings. The number of benzene rings is 1. The van der Waals surface area contributed by atoms with E-state index < -0.39 is 24.8 Å². The minimum Gasteiger partial charge on any atom is -0.484 e. The molecule has 0 amide bonds. The summed E-state index contributed by atoms with van der Waals surface area (Å²) in [5, 5.41) is 0. The second kappa shape index (κ2) is 4.32. The molecule has 0 aliphatic heterocycles. The van der Waals surface area contributed by atoms with Crippen LogP contribution in [-0.2, 0) is 6.18 Å². The minimum absolute atomic E-state index is 0.0617. The second-order valence-corrected chi connectivity index (χ2v) is 3.67. The van der Waals surface area contributed by atoms with Crippen LogP contribution in [0.2, 0.25) is 0 Å². The predicted molar refractivity (Wildman–Crippen MR) is 52.6 cm³/mol. The quantitative estimate of drug-likeness (QED) is 0.857. The molecule has 0 bridgehead atoms. The fourth-order valence-corrected chi connectivity index (χ4v) is 1.37. The van der Waals surface area contributed by atoms with E-state index in [1.165, 1.54) is 6.07 Å².